The van der Waals surface area contributed by atoms with E-state index in [0.717, 1.165) is 24.3 Å². The van der Waals surface area contributed by atoms with Crippen molar-refractivity contribution in [2.24, 2.45) is 5.73 Å². The summed E-state index contributed by atoms with van der Waals surface area (Å²) in [6.45, 7) is 0. The number of hydrogen-bond acceptors (Lipinski definition) is 1. The van der Waals surface area contributed by atoms with E-state index in [9.17, 15) is 0 Å². The van der Waals surface area contributed by atoms with Crippen LogP contribution in [-0.4, -0.2) is 6.04 Å². The normalized spacial score (nSPS) is 22.0. The zero-order valence-electron chi connectivity index (χ0n) is 6.89. The van der Waals surface area contributed by atoms with Gasteiger partial charge in [-0.15, -0.1) is 0 Å². The monoisotopic (exact) mass is 181 g/mol. The van der Waals surface area contributed by atoms with E-state index in [4.69, 9.17) is 17.3 Å². The van der Waals surface area contributed by atoms with Crippen molar-refractivity contribution in [3.63, 3.8) is 0 Å². The van der Waals surface area contributed by atoms with Crippen LogP contribution in [0.4, 0.5) is 0 Å². The molecule has 0 amide bonds. The van der Waals surface area contributed by atoms with Crippen LogP contribution in [0.15, 0.2) is 18.2 Å². The third-order valence-corrected chi connectivity index (χ3v) is 2.67. The van der Waals surface area contributed by atoms with Crippen LogP contribution in [0.3, 0.4) is 0 Å². The molecule has 0 unspecified atom stereocenters. The number of fused-ring (bicyclic) bond motifs is 1. The van der Waals surface area contributed by atoms with Crippen molar-refractivity contribution >= 4 is 11.6 Å². The van der Waals surface area contributed by atoms with Crippen LogP contribution in [0, 0.1) is 0 Å². The molecule has 1 atom stereocenters. The Bertz CT molecular complexity index is 296. The molecular weight excluding hydrogens is 170 g/mol. The summed E-state index contributed by atoms with van der Waals surface area (Å²) in [4.78, 5) is 0. The molecule has 2 heteroatoms. The summed E-state index contributed by atoms with van der Waals surface area (Å²) >= 11 is 5.88. The van der Waals surface area contributed by atoms with Crippen LogP contribution in [0.1, 0.15) is 17.5 Å². The predicted octanol–water partition coefficient (Wildman–Crippen LogP) is 2.16. The predicted molar refractivity (Wildman–Crippen MR) is 51.5 cm³/mol. The van der Waals surface area contributed by atoms with Gasteiger partial charge in [0.05, 0.1) is 0 Å². The minimum absolute atomic E-state index is 0.330. The quantitative estimate of drug-likeness (QED) is 0.652. The molecule has 1 aromatic rings. The van der Waals surface area contributed by atoms with Gasteiger partial charge >= 0.3 is 0 Å². The van der Waals surface area contributed by atoms with Crippen molar-refractivity contribution < 1.29 is 0 Å². The highest BCUT2D eigenvalue weighted by molar-refractivity contribution is 6.30. The molecule has 0 aliphatic heterocycles. The molecular formula is C10H12ClN. The summed E-state index contributed by atoms with van der Waals surface area (Å²) in [6.07, 6.45) is 3.19. The summed E-state index contributed by atoms with van der Waals surface area (Å²) < 4.78 is 0. The number of hydrogen-bond donors (Lipinski definition) is 1. The van der Waals surface area contributed by atoms with E-state index in [-0.39, 0.29) is 0 Å². The van der Waals surface area contributed by atoms with Crippen LogP contribution >= 0.6 is 11.6 Å². The second-order valence-electron chi connectivity index (χ2n) is 3.42. The largest absolute Gasteiger partial charge is 0.327 e. The highest BCUT2D eigenvalue weighted by Crippen LogP contribution is 2.23. The van der Waals surface area contributed by atoms with Crippen LogP contribution in [-0.2, 0) is 12.8 Å². The molecule has 1 aliphatic carbocycles. The Hall–Kier alpha value is -0.530. The Labute approximate surface area is 77.5 Å². The third kappa shape index (κ3) is 1.47. The maximum absolute atomic E-state index is 5.88. The highest BCUT2D eigenvalue weighted by Gasteiger charge is 2.14. The lowest BCUT2D eigenvalue weighted by molar-refractivity contribution is 0.576. The molecule has 1 nitrogen and oxygen atoms in total. The SMILES string of the molecule is N[C@H]1CCc2ccc(Cl)cc2C1. The highest BCUT2D eigenvalue weighted by atomic mass is 35.5. The van der Waals surface area contributed by atoms with E-state index in [0.29, 0.717) is 6.04 Å². The lowest BCUT2D eigenvalue weighted by Crippen LogP contribution is -2.27. The van der Waals surface area contributed by atoms with Gasteiger partial charge in [-0.25, -0.2) is 0 Å². The van der Waals surface area contributed by atoms with Gasteiger partial charge in [-0.2, -0.15) is 0 Å². The Kier molecular flexibility index (Phi) is 2.07. The van der Waals surface area contributed by atoms with E-state index >= 15 is 0 Å². The lowest BCUT2D eigenvalue weighted by atomic mass is 9.89. The average Bonchev–Trinajstić information content (AvgIpc) is 2.03. The van der Waals surface area contributed by atoms with Crippen LogP contribution in [0.25, 0.3) is 0 Å². The molecule has 1 aliphatic rings. The maximum atomic E-state index is 5.88. The molecule has 0 spiro atoms. The molecule has 0 heterocycles. The van der Waals surface area contributed by atoms with Gasteiger partial charge in [-0.3, -0.25) is 0 Å². The second kappa shape index (κ2) is 3.08. The van der Waals surface area contributed by atoms with Crippen molar-refractivity contribution in [2.75, 3.05) is 0 Å². The minimum Gasteiger partial charge on any atom is -0.327 e. The maximum Gasteiger partial charge on any atom is 0.0408 e. The summed E-state index contributed by atoms with van der Waals surface area (Å²) in [5.41, 5.74) is 8.61. The third-order valence-electron chi connectivity index (χ3n) is 2.43. The van der Waals surface area contributed by atoms with Crippen molar-refractivity contribution in [1.29, 1.82) is 0 Å². The summed E-state index contributed by atoms with van der Waals surface area (Å²) in [7, 11) is 0. The average molecular weight is 182 g/mol. The number of rotatable bonds is 0. The first-order valence-corrected chi connectivity index (χ1v) is 4.66. The fourth-order valence-electron chi connectivity index (χ4n) is 1.75. The summed E-state index contributed by atoms with van der Waals surface area (Å²) in [5, 5.41) is 0.822. The summed E-state index contributed by atoms with van der Waals surface area (Å²) in [6, 6.07) is 6.44. The smallest absolute Gasteiger partial charge is 0.0408 e. The Morgan fingerprint density at radius 1 is 1.33 bits per heavy atom. The fourth-order valence-corrected chi connectivity index (χ4v) is 1.95. The number of aryl methyl sites for hydroxylation is 1. The van der Waals surface area contributed by atoms with Crippen molar-refractivity contribution in [3.8, 4) is 0 Å². The second-order valence-corrected chi connectivity index (χ2v) is 3.85. The van der Waals surface area contributed by atoms with Crippen molar-refractivity contribution in [2.45, 2.75) is 25.3 Å². The molecule has 0 saturated carbocycles. The zero-order chi connectivity index (χ0) is 8.55. The van der Waals surface area contributed by atoms with Gasteiger partial charge in [-0.1, -0.05) is 17.7 Å². The van der Waals surface area contributed by atoms with E-state index in [2.05, 4.69) is 6.07 Å². The first kappa shape index (κ1) is 8.09. The Morgan fingerprint density at radius 2 is 2.17 bits per heavy atom. The van der Waals surface area contributed by atoms with E-state index in [1.165, 1.54) is 11.1 Å². The van der Waals surface area contributed by atoms with E-state index in [1.807, 2.05) is 12.1 Å². The van der Waals surface area contributed by atoms with Gasteiger partial charge in [0.2, 0.25) is 0 Å². The molecule has 12 heavy (non-hydrogen) atoms. The standard InChI is InChI=1S/C10H12ClN/c11-9-3-1-7-2-4-10(12)6-8(7)5-9/h1,3,5,10H,2,4,6,12H2/t10-/m0/s1. The van der Waals surface area contributed by atoms with Gasteiger partial charge < -0.3 is 5.73 Å². The topological polar surface area (TPSA) is 26.0 Å². The molecule has 0 fully saturated rings. The zero-order valence-corrected chi connectivity index (χ0v) is 7.64. The molecule has 0 saturated heterocycles. The summed E-state index contributed by atoms with van der Waals surface area (Å²) in [5.74, 6) is 0. The number of nitrogens with two attached hydrogens (primary N) is 1. The van der Waals surface area contributed by atoms with Crippen LogP contribution < -0.4 is 5.73 Å². The number of halogens is 1. The van der Waals surface area contributed by atoms with Gasteiger partial charge in [0.15, 0.2) is 0 Å². The van der Waals surface area contributed by atoms with Crippen LogP contribution in [0.5, 0.6) is 0 Å². The molecule has 2 rings (SSSR count). The lowest BCUT2D eigenvalue weighted by Gasteiger charge is -2.21. The fraction of sp³-hybridized carbons (Fsp3) is 0.400. The van der Waals surface area contributed by atoms with Crippen molar-refractivity contribution in [1.82, 2.24) is 0 Å². The van der Waals surface area contributed by atoms with Crippen molar-refractivity contribution in [3.05, 3.63) is 34.3 Å². The van der Waals surface area contributed by atoms with Gasteiger partial charge in [0, 0.05) is 11.1 Å². The van der Waals surface area contributed by atoms with Gasteiger partial charge in [0.1, 0.15) is 0 Å². The molecule has 0 radical (unpaired) electrons. The molecule has 0 bridgehead atoms. The van der Waals surface area contributed by atoms with E-state index in [1.54, 1.807) is 0 Å². The molecule has 2 N–H and O–H groups in total. The first-order chi connectivity index (χ1) is 5.75. The van der Waals surface area contributed by atoms with Gasteiger partial charge in [0.25, 0.3) is 0 Å². The van der Waals surface area contributed by atoms with E-state index < -0.39 is 0 Å². The minimum atomic E-state index is 0.330. The molecule has 1 aromatic carbocycles. The Morgan fingerprint density at radius 3 is 3.00 bits per heavy atom. The van der Waals surface area contributed by atoms with Gasteiger partial charge in [-0.05, 0) is 42.5 Å². The number of benzene rings is 1. The molecule has 64 valence electrons. The first-order valence-electron chi connectivity index (χ1n) is 4.28. The molecule has 0 aromatic heterocycles. The van der Waals surface area contributed by atoms with Crippen LogP contribution in [0.2, 0.25) is 5.02 Å². The Balaban J connectivity index is 2.37.